The molecule has 2 aliphatic rings. The number of rotatable bonds is 5. The molecule has 3 aromatic rings. The van der Waals surface area contributed by atoms with Crippen LogP contribution in [0.5, 0.6) is 0 Å². The quantitative estimate of drug-likeness (QED) is 0.382. The van der Waals surface area contributed by atoms with Crippen LogP contribution in [0.4, 0.5) is 0 Å². The maximum atomic E-state index is 2.76. The van der Waals surface area contributed by atoms with Crippen LogP contribution in [0.25, 0.3) is 16.8 Å². The maximum absolute atomic E-state index is 2.76. The Balaban J connectivity index is 0.00000190. The van der Waals surface area contributed by atoms with E-state index in [0.29, 0.717) is 15.1 Å². The van der Waals surface area contributed by atoms with Crippen LogP contribution >= 0.6 is 0 Å². The summed E-state index contributed by atoms with van der Waals surface area (Å²) in [7, 11) is 0. The summed E-state index contributed by atoms with van der Waals surface area (Å²) in [5.74, 6) is 0.540. The van der Waals surface area contributed by atoms with E-state index in [2.05, 4.69) is 127 Å². The summed E-state index contributed by atoms with van der Waals surface area (Å²) in [6.07, 6.45) is 5.04. The molecule has 0 saturated carbocycles. The summed E-state index contributed by atoms with van der Waals surface area (Å²) in [5, 5.41) is 1.23. The summed E-state index contributed by atoms with van der Waals surface area (Å²) in [4.78, 5) is 0. The SMILES string of the molecule is CC1=C(C)C([Si](C)(C)[Zr+2]([c]2cc(C(C)C)cc3ccccc23)[CH]2C=Cc3ccccc32)C(C)=C1C.[Cl-].[Cl-]. The van der Waals surface area contributed by atoms with Crippen LogP contribution in [0.3, 0.4) is 0 Å². The Morgan fingerprint density at radius 2 is 1.38 bits per heavy atom. The van der Waals surface area contributed by atoms with Gasteiger partial charge in [-0.25, -0.2) is 0 Å². The topological polar surface area (TPSA) is 0 Å². The van der Waals surface area contributed by atoms with Gasteiger partial charge in [-0.05, 0) is 0 Å². The van der Waals surface area contributed by atoms with E-state index in [-0.39, 0.29) is 24.8 Å². The van der Waals surface area contributed by atoms with Crippen molar-refractivity contribution in [2.45, 2.75) is 69.7 Å². The Morgan fingerprint density at radius 1 is 0.784 bits per heavy atom. The Bertz CT molecular complexity index is 1390. The van der Waals surface area contributed by atoms with Crippen molar-refractivity contribution in [2.75, 3.05) is 0 Å². The zero-order chi connectivity index (χ0) is 25.1. The van der Waals surface area contributed by atoms with Crippen LogP contribution in [-0.2, 0) is 20.9 Å². The molecule has 0 heterocycles. The van der Waals surface area contributed by atoms with Crippen molar-refractivity contribution >= 4 is 25.3 Å². The molecule has 37 heavy (non-hydrogen) atoms. The third-order valence-electron chi connectivity index (χ3n) is 8.98. The fourth-order valence-electron chi connectivity index (χ4n) is 6.89. The van der Waals surface area contributed by atoms with E-state index in [1.807, 2.05) is 0 Å². The minimum atomic E-state index is -2.34. The summed E-state index contributed by atoms with van der Waals surface area (Å²) in [6.45, 7) is 19.8. The van der Waals surface area contributed by atoms with Crippen molar-refractivity contribution in [3.05, 3.63) is 106 Å². The van der Waals surface area contributed by atoms with Crippen molar-refractivity contribution in [3.8, 4) is 0 Å². The number of fused-ring (bicyclic) bond motifs is 2. The second-order valence-electron chi connectivity index (χ2n) is 11.6. The van der Waals surface area contributed by atoms with Gasteiger partial charge in [0, 0.05) is 0 Å². The van der Waals surface area contributed by atoms with Gasteiger partial charge in [0.05, 0.1) is 0 Å². The molecule has 0 saturated heterocycles. The van der Waals surface area contributed by atoms with Crippen molar-refractivity contribution in [2.24, 2.45) is 0 Å². The standard InChI is InChI=1S/C13H13.C11H19Si.C9H7.2ClH.Zr/c1-10(2)12-8-7-11-5-3-4-6-13(11)9-12;1-7-8(2)10(4)11(9(7)3)12(5)6;1-2-5-9-7-3-6-8(9)4-1;;;/h3-6,8-10H,1-2H3;11H,1-6H3;1-7H;2*1H;/q;;;;;+2/p-2. The number of allylic oxidation sites excluding steroid dienone is 5. The normalized spacial score (nSPS) is 17.4. The number of hydrogen-bond acceptors (Lipinski definition) is 0. The number of hydrogen-bond donors (Lipinski definition) is 0. The molecule has 0 aromatic heterocycles. The van der Waals surface area contributed by atoms with E-state index in [9.17, 15) is 0 Å². The summed E-state index contributed by atoms with van der Waals surface area (Å²) < 4.78 is 2.38. The van der Waals surface area contributed by atoms with Crippen molar-refractivity contribution < 1.29 is 45.7 Å². The monoisotopic (exact) mass is 623 g/mol. The first kappa shape index (κ1) is 30.4. The fraction of sp³-hybridized carbons (Fsp3) is 0.333. The molecule has 1 atom stereocenters. The molecule has 0 fully saturated rings. The average molecular weight is 626 g/mol. The molecule has 4 heteroatoms. The van der Waals surface area contributed by atoms with Crippen LogP contribution in [0, 0.1) is 0 Å². The van der Waals surface area contributed by atoms with Crippen molar-refractivity contribution in [1.82, 2.24) is 0 Å². The van der Waals surface area contributed by atoms with Gasteiger partial charge >= 0.3 is 222 Å². The number of halogens is 2. The third-order valence-corrected chi connectivity index (χ3v) is 33.7. The molecule has 1 unspecified atom stereocenters. The zero-order valence-electron chi connectivity index (χ0n) is 23.4. The Hall–Kier alpha value is -1.18. The van der Waals surface area contributed by atoms with Gasteiger partial charge < -0.3 is 24.8 Å². The zero-order valence-corrected chi connectivity index (χ0v) is 28.4. The predicted octanol–water partition coefficient (Wildman–Crippen LogP) is 3.24. The van der Waals surface area contributed by atoms with Crippen LogP contribution in [-0.4, -0.2) is 5.20 Å². The molecule has 5 rings (SSSR count). The van der Waals surface area contributed by atoms with Crippen LogP contribution < -0.4 is 28.1 Å². The summed E-state index contributed by atoms with van der Waals surface area (Å²) >= 11 is -2.34. The van der Waals surface area contributed by atoms with E-state index in [1.54, 1.807) is 31.1 Å². The Labute approximate surface area is 244 Å². The van der Waals surface area contributed by atoms with E-state index in [4.69, 9.17) is 0 Å². The molecule has 0 aliphatic heterocycles. The first-order chi connectivity index (χ1) is 16.6. The second-order valence-corrected chi connectivity index (χ2v) is 33.2. The first-order valence-electron chi connectivity index (χ1n) is 13.2. The van der Waals surface area contributed by atoms with Gasteiger partial charge in [-0.15, -0.1) is 0 Å². The molecule has 193 valence electrons. The van der Waals surface area contributed by atoms with Crippen LogP contribution in [0.2, 0.25) is 18.6 Å². The molecule has 0 N–H and O–H groups in total. The first-order valence-corrected chi connectivity index (χ1v) is 22.6. The predicted molar refractivity (Wildman–Crippen MR) is 154 cm³/mol. The van der Waals surface area contributed by atoms with Crippen molar-refractivity contribution in [1.29, 1.82) is 0 Å². The molecule has 3 aromatic carbocycles. The van der Waals surface area contributed by atoms with Gasteiger partial charge in [0.25, 0.3) is 0 Å². The van der Waals surface area contributed by atoms with E-state index in [1.165, 1.54) is 21.9 Å². The fourth-order valence-corrected chi connectivity index (χ4v) is 35.5. The smallest absolute Gasteiger partial charge is 1.00 e. The van der Waals surface area contributed by atoms with E-state index in [0.717, 1.165) is 0 Å². The minimum Gasteiger partial charge on any atom is -1.00 e. The van der Waals surface area contributed by atoms with Gasteiger partial charge in [0.1, 0.15) is 0 Å². The molecule has 0 spiro atoms. The Kier molecular flexibility index (Phi) is 9.45. The van der Waals surface area contributed by atoms with E-state index < -0.39 is 26.1 Å². The Morgan fingerprint density at radius 3 is 2.03 bits per heavy atom. The largest absolute Gasteiger partial charge is 1.00 e. The summed E-state index contributed by atoms with van der Waals surface area (Å²) in [6, 6.07) is 23.6. The van der Waals surface area contributed by atoms with Gasteiger partial charge in [-0.1, -0.05) is 0 Å². The van der Waals surface area contributed by atoms with Gasteiger partial charge in [-0.3, -0.25) is 0 Å². The minimum absolute atomic E-state index is 0. The van der Waals surface area contributed by atoms with E-state index >= 15 is 0 Å². The molecular formula is C33H39Cl2SiZr. The average Bonchev–Trinajstić information content (AvgIpc) is 3.34. The van der Waals surface area contributed by atoms with Gasteiger partial charge in [-0.2, -0.15) is 0 Å². The number of benzene rings is 3. The maximum Gasteiger partial charge on any atom is -1.00 e. The molecule has 0 nitrogen and oxygen atoms in total. The molecule has 0 amide bonds. The molecule has 0 bridgehead atoms. The van der Waals surface area contributed by atoms with Crippen molar-refractivity contribution in [3.63, 3.8) is 0 Å². The summed E-state index contributed by atoms with van der Waals surface area (Å²) in [5.41, 5.74) is 11.6. The van der Waals surface area contributed by atoms with Gasteiger partial charge in [0.15, 0.2) is 0 Å². The van der Waals surface area contributed by atoms with Crippen LogP contribution in [0.1, 0.15) is 67.8 Å². The van der Waals surface area contributed by atoms with Gasteiger partial charge in [0.2, 0.25) is 0 Å². The molecular weight excluding hydrogens is 587 g/mol. The molecule has 2 aliphatic carbocycles. The third kappa shape index (κ3) is 5.09. The second kappa shape index (κ2) is 11.5. The molecule has 0 radical (unpaired) electrons. The van der Waals surface area contributed by atoms with Crippen LogP contribution in [0.15, 0.2) is 89.0 Å².